The fourth-order valence-electron chi connectivity index (χ4n) is 3.70. The minimum absolute atomic E-state index is 0.00953. The lowest BCUT2D eigenvalue weighted by molar-refractivity contribution is -0.130. The molecule has 0 heterocycles. The van der Waals surface area contributed by atoms with Crippen LogP contribution in [0.4, 0.5) is 4.79 Å². The van der Waals surface area contributed by atoms with Gasteiger partial charge in [-0.3, -0.25) is 14.4 Å². The summed E-state index contributed by atoms with van der Waals surface area (Å²) in [6.45, 7) is 7.75. The van der Waals surface area contributed by atoms with Crippen LogP contribution in [0.25, 0.3) is 0 Å². The Balaban J connectivity index is 1.62. The molecule has 0 spiro atoms. The van der Waals surface area contributed by atoms with Gasteiger partial charge in [0.2, 0.25) is 5.91 Å². The van der Waals surface area contributed by atoms with E-state index < -0.39 is 23.6 Å². The maximum atomic E-state index is 12.4. The third-order valence-corrected chi connectivity index (χ3v) is 5.89. The maximum Gasteiger partial charge on any atom is 0.407 e. The average Bonchev–Trinajstić information content (AvgIpc) is 2.89. The molecule has 2 aromatic rings. The Hall–Kier alpha value is -3.72. The van der Waals surface area contributed by atoms with Crippen LogP contribution in [0, 0.1) is 5.92 Å². The Bertz CT molecular complexity index is 1080. The molecule has 0 aliphatic carbocycles. The molecule has 2 rings (SSSR count). The van der Waals surface area contributed by atoms with Gasteiger partial charge in [0.25, 0.3) is 5.91 Å². The second-order valence-corrected chi connectivity index (χ2v) is 10.7. The van der Waals surface area contributed by atoms with Crippen molar-refractivity contribution in [1.82, 2.24) is 16.0 Å². The summed E-state index contributed by atoms with van der Waals surface area (Å²) < 4.78 is 5.20. The first-order valence-electron chi connectivity index (χ1n) is 13.3. The molecular formula is C30H41N3O6. The van der Waals surface area contributed by atoms with E-state index in [2.05, 4.69) is 16.0 Å². The lowest BCUT2D eigenvalue weighted by Crippen LogP contribution is -2.36. The van der Waals surface area contributed by atoms with Crippen LogP contribution in [0.2, 0.25) is 0 Å². The SMILES string of the molecule is CC(CCNC(=O)c1ccc(CNC(=O)OC(C)(C)C)cc1)CC(=O)NCC(=O)C(O)CCc1ccccc1. The van der Waals surface area contributed by atoms with Crippen molar-refractivity contribution in [2.24, 2.45) is 5.92 Å². The fourth-order valence-corrected chi connectivity index (χ4v) is 3.70. The van der Waals surface area contributed by atoms with Crippen LogP contribution < -0.4 is 16.0 Å². The molecule has 0 radical (unpaired) electrons. The van der Waals surface area contributed by atoms with Gasteiger partial charge in [0.15, 0.2) is 5.78 Å². The first kappa shape index (κ1) is 31.5. The second-order valence-electron chi connectivity index (χ2n) is 10.7. The van der Waals surface area contributed by atoms with Crippen molar-refractivity contribution in [3.05, 3.63) is 71.3 Å². The molecule has 9 nitrogen and oxygen atoms in total. The number of aryl methyl sites for hydroxylation is 1. The van der Waals surface area contributed by atoms with E-state index in [0.29, 0.717) is 31.4 Å². The molecule has 4 N–H and O–H groups in total. The summed E-state index contributed by atoms with van der Waals surface area (Å²) in [5.74, 6) is -0.919. The van der Waals surface area contributed by atoms with Crippen molar-refractivity contribution in [3.63, 3.8) is 0 Å². The molecular weight excluding hydrogens is 498 g/mol. The van der Waals surface area contributed by atoms with Gasteiger partial charge in [-0.05, 0) is 69.2 Å². The molecule has 212 valence electrons. The average molecular weight is 540 g/mol. The van der Waals surface area contributed by atoms with Gasteiger partial charge in [-0.2, -0.15) is 0 Å². The number of alkyl carbamates (subject to hydrolysis) is 1. The topological polar surface area (TPSA) is 134 Å². The van der Waals surface area contributed by atoms with Crippen LogP contribution in [0.1, 0.15) is 68.4 Å². The van der Waals surface area contributed by atoms with Crippen LogP contribution >= 0.6 is 0 Å². The number of Topliss-reactive ketones (excluding diaryl/α,β-unsaturated/α-hetero) is 1. The van der Waals surface area contributed by atoms with Crippen LogP contribution in [0.15, 0.2) is 54.6 Å². The van der Waals surface area contributed by atoms with Gasteiger partial charge in [-0.25, -0.2) is 4.79 Å². The Morgan fingerprint density at radius 1 is 0.872 bits per heavy atom. The van der Waals surface area contributed by atoms with Crippen molar-refractivity contribution < 1.29 is 29.0 Å². The van der Waals surface area contributed by atoms with E-state index in [-0.39, 0.29) is 37.2 Å². The summed E-state index contributed by atoms with van der Waals surface area (Å²) in [7, 11) is 0. The molecule has 0 aromatic heterocycles. The molecule has 0 saturated heterocycles. The van der Waals surface area contributed by atoms with Crippen molar-refractivity contribution in [3.8, 4) is 0 Å². The van der Waals surface area contributed by atoms with Crippen LogP contribution in [-0.2, 0) is 27.3 Å². The smallest absolute Gasteiger partial charge is 0.407 e. The van der Waals surface area contributed by atoms with Gasteiger partial charge in [-0.1, -0.05) is 49.4 Å². The Labute approximate surface area is 230 Å². The number of hydrogen-bond donors (Lipinski definition) is 4. The van der Waals surface area contributed by atoms with Gasteiger partial charge >= 0.3 is 6.09 Å². The van der Waals surface area contributed by atoms with Crippen molar-refractivity contribution in [2.45, 2.75) is 71.6 Å². The highest BCUT2D eigenvalue weighted by Gasteiger charge is 2.18. The zero-order valence-corrected chi connectivity index (χ0v) is 23.3. The van der Waals surface area contributed by atoms with E-state index in [9.17, 15) is 24.3 Å². The number of amides is 3. The lowest BCUT2D eigenvalue weighted by atomic mass is 10.0. The molecule has 0 bridgehead atoms. The van der Waals surface area contributed by atoms with Crippen molar-refractivity contribution in [2.75, 3.05) is 13.1 Å². The molecule has 0 fully saturated rings. The summed E-state index contributed by atoms with van der Waals surface area (Å²) in [5.41, 5.74) is 1.79. The number of ketones is 1. The standard InChI is InChI=1S/C30H41N3O6/c1-21(18-27(36)32-20-26(35)25(34)15-12-22-8-6-5-7-9-22)16-17-31-28(37)24-13-10-23(11-14-24)19-33-29(38)39-30(2,3)4/h5-11,13-14,21,25,34H,12,15-20H2,1-4H3,(H,31,37)(H,32,36)(H,33,38). The molecule has 2 atom stereocenters. The number of ether oxygens (including phenoxy) is 1. The number of rotatable bonds is 14. The number of nitrogens with one attached hydrogen (secondary N) is 3. The first-order valence-corrected chi connectivity index (χ1v) is 13.3. The van der Waals surface area contributed by atoms with Gasteiger partial charge in [0, 0.05) is 25.1 Å². The zero-order valence-electron chi connectivity index (χ0n) is 23.3. The molecule has 9 heteroatoms. The predicted molar refractivity (Wildman–Crippen MR) is 149 cm³/mol. The van der Waals surface area contributed by atoms with E-state index >= 15 is 0 Å². The van der Waals surface area contributed by atoms with E-state index in [1.807, 2.05) is 37.3 Å². The summed E-state index contributed by atoms with van der Waals surface area (Å²) in [6.07, 6.45) is 0.0665. The van der Waals surface area contributed by atoms with E-state index in [1.54, 1.807) is 45.0 Å². The van der Waals surface area contributed by atoms with Crippen molar-refractivity contribution >= 4 is 23.7 Å². The molecule has 2 aromatic carbocycles. The van der Waals surface area contributed by atoms with Crippen LogP contribution in [0.3, 0.4) is 0 Å². The van der Waals surface area contributed by atoms with Gasteiger partial charge in [0.1, 0.15) is 11.7 Å². The van der Waals surface area contributed by atoms with Crippen molar-refractivity contribution in [1.29, 1.82) is 0 Å². The monoisotopic (exact) mass is 539 g/mol. The molecule has 0 aliphatic rings. The fraction of sp³-hybridized carbons (Fsp3) is 0.467. The highest BCUT2D eigenvalue weighted by Crippen LogP contribution is 2.10. The zero-order chi connectivity index (χ0) is 28.8. The summed E-state index contributed by atoms with van der Waals surface area (Å²) in [4.78, 5) is 48.5. The summed E-state index contributed by atoms with van der Waals surface area (Å²) >= 11 is 0. The van der Waals surface area contributed by atoms with E-state index in [0.717, 1.165) is 11.1 Å². The lowest BCUT2D eigenvalue weighted by Gasteiger charge is -2.19. The maximum absolute atomic E-state index is 12.4. The number of aliphatic hydroxyl groups excluding tert-OH is 1. The number of benzene rings is 2. The highest BCUT2D eigenvalue weighted by molar-refractivity contribution is 5.94. The minimum Gasteiger partial charge on any atom is -0.444 e. The predicted octanol–water partition coefficient (Wildman–Crippen LogP) is 3.54. The van der Waals surface area contributed by atoms with Gasteiger partial charge in [-0.15, -0.1) is 0 Å². The first-order chi connectivity index (χ1) is 18.4. The normalized spacial score (nSPS) is 12.6. The van der Waals surface area contributed by atoms with Gasteiger partial charge in [0.05, 0.1) is 6.54 Å². The molecule has 39 heavy (non-hydrogen) atoms. The Kier molecular flexibility index (Phi) is 12.6. The second kappa shape index (κ2) is 15.6. The Morgan fingerprint density at radius 2 is 1.54 bits per heavy atom. The number of carbonyl (C=O) groups excluding carboxylic acids is 4. The number of carbonyl (C=O) groups is 4. The molecule has 2 unspecified atom stereocenters. The quantitative estimate of drug-likeness (QED) is 0.290. The third-order valence-electron chi connectivity index (χ3n) is 5.89. The number of aliphatic hydroxyl groups is 1. The number of hydrogen-bond acceptors (Lipinski definition) is 6. The van der Waals surface area contributed by atoms with E-state index in [4.69, 9.17) is 4.74 Å². The minimum atomic E-state index is -1.12. The van der Waals surface area contributed by atoms with E-state index in [1.165, 1.54) is 0 Å². The molecule has 0 aliphatic heterocycles. The third kappa shape index (κ3) is 13.1. The van der Waals surface area contributed by atoms with Gasteiger partial charge < -0.3 is 25.8 Å². The van der Waals surface area contributed by atoms with Crippen LogP contribution in [0.5, 0.6) is 0 Å². The molecule has 0 saturated carbocycles. The largest absolute Gasteiger partial charge is 0.444 e. The van der Waals surface area contributed by atoms with Crippen LogP contribution in [-0.4, -0.2) is 53.6 Å². The summed E-state index contributed by atoms with van der Waals surface area (Å²) in [6, 6.07) is 16.5. The summed E-state index contributed by atoms with van der Waals surface area (Å²) in [5, 5.41) is 18.2. The Morgan fingerprint density at radius 3 is 2.18 bits per heavy atom. The highest BCUT2D eigenvalue weighted by atomic mass is 16.6. The molecule has 3 amide bonds.